The lowest BCUT2D eigenvalue weighted by Gasteiger charge is -2.28. The number of nitrogens with zero attached hydrogens (tertiary/aromatic N) is 2. The van der Waals surface area contributed by atoms with Crippen LogP contribution in [-0.4, -0.2) is 35.0 Å². The molecule has 0 spiro atoms. The van der Waals surface area contributed by atoms with Crippen LogP contribution in [0.2, 0.25) is 5.02 Å². The highest BCUT2D eigenvalue weighted by Gasteiger charge is 2.24. The van der Waals surface area contributed by atoms with Gasteiger partial charge in [0.1, 0.15) is 0 Å². The molecule has 25 heavy (non-hydrogen) atoms. The molecule has 2 aromatic rings. The summed E-state index contributed by atoms with van der Waals surface area (Å²) in [5, 5.41) is 3.66. The van der Waals surface area contributed by atoms with Gasteiger partial charge in [-0.1, -0.05) is 23.7 Å². The molecule has 1 aliphatic heterocycles. The fourth-order valence-corrected chi connectivity index (χ4v) is 3.40. The minimum absolute atomic E-state index is 0.0803. The molecule has 1 fully saturated rings. The number of halogens is 1. The quantitative estimate of drug-likeness (QED) is 0.892. The van der Waals surface area contributed by atoms with Gasteiger partial charge in [0.25, 0.3) is 11.5 Å². The molecule has 1 atom stereocenters. The molecule has 1 aromatic heterocycles. The Morgan fingerprint density at radius 1 is 1.24 bits per heavy atom. The number of benzene rings is 1. The van der Waals surface area contributed by atoms with Crippen molar-refractivity contribution in [2.75, 3.05) is 19.6 Å². The van der Waals surface area contributed by atoms with Gasteiger partial charge >= 0.3 is 0 Å². The summed E-state index contributed by atoms with van der Waals surface area (Å²) in [5.74, 6) is -0.232. The van der Waals surface area contributed by atoms with Crippen LogP contribution in [0.1, 0.15) is 34.8 Å². The first-order valence-corrected chi connectivity index (χ1v) is 8.87. The second-order valence-corrected chi connectivity index (χ2v) is 6.82. The minimum atomic E-state index is -0.232. The van der Waals surface area contributed by atoms with Crippen LogP contribution in [0.15, 0.2) is 47.4 Å². The Morgan fingerprint density at radius 2 is 2.00 bits per heavy atom. The summed E-state index contributed by atoms with van der Waals surface area (Å²) in [6.45, 7) is 2.51. The van der Waals surface area contributed by atoms with Crippen LogP contribution in [0.5, 0.6) is 0 Å². The van der Waals surface area contributed by atoms with Gasteiger partial charge in [0, 0.05) is 36.4 Å². The van der Waals surface area contributed by atoms with Crippen LogP contribution in [0, 0.1) is 0 Å². The first-order valence-electron chi connectivity index (χ1n) is 8.49. The van der Waals surface area contributed by atoms with Gasteiger partial charge in [-0.15, -0.1) is 0 Å². The van der Waals surface area contributed by atoms with E-state index in [2.05, 4.69) is 10.2 Å². The van der Waals surface area contributed by atoms with Gasteiger partial charge in [0.15, 0.2) is 0 Å². The number of nitrogens with one attached hydrogen (secondary N) is 1. The van der Waals surface area contributed by atoms with Crippen LogP contribution >= 0.6 is 11.6 Å². The molecule has 0 bridgehead atoms. The summed E-state index contributed by atoms with van der Waals surface area (Å²) in [5.41, 5.74) is 1.28. The molecular weight excluding hydrogens is 338 g/mol. The minimum Gasteiger partial charge on any atom is -0.350 e. The first-order chi connectivity index (χ1) is 12.0. The number of pyridine rings is 1. The van der Waals surface area contributed by atoms with E-state index in [1.54, 1.807) is 19.3 Å². The third kappa shape index (κ3) is 4.30. The molecule has 5 nitrogen and oxygen atoms in total. The number of hydrogen-bond donors (Lipinski definition) is 1. The number of rotatable bonds is 5. The summed E-state index contributed by atoms with van der Waals surface area (Å²) in [6.07, 6.45) is 3.94. The molecule has 3 rings (SSSR count). The monoisotopic (exact) mass is 359 g/mol. The number of carbonyl (C=O) groups excluding carboxylic acids is 1. The smallest absolute Gasteiger partial charge is 0.251 e. The van der Waals surface area contributed by atoms with E-state index in [9.17, 15) is 9.59 Å². The van der Waals surface area contributed by atoms with Crippen LogP contribution in [-0.2, 0) is 7.05 Å². The normalized spacial score (nSPS) is 15.9. The molecule has 0 saturated carbocycles. The van der Waals surface area contributed by atoms with E-state index in [1.165, 1.54) is 23.5 Å². The van der Waals surface area contributed by atoms with Crippen molar-refractivity contribution >= 4 is 17.5 Å². The highest BCUT2D eigenvalue weighted by Crippen LogP contribution is 2.26. The maximum Gasteiger partial charge on any atom is 0.251 e. The topological polar surface area (TPSA) is 54.3 Å². The number of carbonyl (C=O) groups is 1. The highest BCUT2D eigenvalue weighted by molar-refractivity contribution is 6.30. The summed E-state index contributed by atoms with van der Waals surface area (Å²) in [7, 11) is 1.66. The number of amides is 1. The third-order valence-corrected chi connectivity index (χ3v) is 4.87. The van der Waals surface area contributed by atoms with Crippen molar-refractivity contribution in [1.82, 2.24) is 14.8 Å². The highest BCUT2D eigenvalue weighted by atomic mass is 35.5. The van der Waals surface area contributed by atoms with Gasteiger partial charge in [-0.3, -0.25) is 14.5 Å². The Hall–Kier alpha value is -2.11. The molecule has 6 heteroatoms. The molecule has 1 aliphatic rings. The van der Waals surface area contributed by atoms with E-state index in [4.69, 9.17) is 11.6 Å². The van der Waals surface area contributed by atoms with E-state index in [0.717, 1.165) is 18.7 Å². The SMILES string of the molecule is Cn1ccc(C(=O)NCC(c2cccc(Cl)c2)N2CCCC2)cc1=O. The van der Waals surface area contributed by atoms with Crippen LogP contribution in [0.3, 0.4) is 0 Å². The summed E-state index contributed by atoms with van der Waals surface area (Å²) in [4.78, 5) is 26.5. The zero-order valence-corrected chi connectivity index (χ0v) is 15.0. The predicted octanol–water partition coefficient (Wildman–Crippen LogP) is 2.61. The van der Waals surface area contributed by atoms with Crippen molar-refractivity contribution in [1.29, 1.82) is 0 Å². The fraction of sp³-hybridized carbons (Fsp3) is 0.368. The number of hydrogen-bond acceptors (Lipinski definition) is 3. The molecule has 1 aromatic carbocycles. The Morgan fingerprint density at radius 3 is 2.68 bits per heavy atom. The molecule has 0 radical (unpaired) electrons. The number of likely N-dealkylation sites (tertiary alicyclic amines) is 1. The van der Waals surface area contributed by atoms with E-state index in [0.29, 0.717) is 17.1 Å². The third-order valence-electron chi connectivity index (χ3n) is 4.64. The molecular formula is C19H22ClN3O2. The summed E-state index contributed by atoms with van der Waals surface area (Å²) >= 11 is 6.14. The molecule has 132 valence electrons. The lowest BCUT2D eigenvalue weighted by molar-refractivity contribution is 0.0937. The van der Waals surface area contributed by atoms with Crippen molar-refractivity contribution in [2.45, 2.75) is 18.9 Å². The fourth-order valence-electron chi connectivity index (χ4n) is 3.21. The molecule has 1 N–H and O–H groups in total. The van der Waals surface area contributed by atoms with E-state index < -0.39 is 0 Å². The predicted molar refractivity (Wildman–Crippen MR) is 99.0 cm³/mol. The number of aromatic nitrogens is 1. The lowest BCUT2D eigenvalue weighted by atomic mass is 10.1. The van der Waals surface area contributed by atoms with Crippen molar-refractivity contribution in [3.8, 4) is 0 Å². The zero-order valence-electron chi connectivity index (χ0n) is 14.2. The largest absolute Gasteiger partial charge is 0.350 e. The van der Waals surface area contributed by atoms with E-state index in [-0.39, 0.29) is 17.5 Å². The van der Waals surface area contributed by atoms with Gasteiger partial charge in [-0.05, 0) is 49.7 Å². The Kier molecular flexibility index (Phi) is 5.56. The molecule has 1 saturated heterocycles. The van der Waals surface area contributed by atoms with Crippen LogP contribution in [0.25, 0.3) is 0 Å². The molecule has 2 heterocycles. The Labute approximate surface area is 152 Å². The van der Waals surface area contributed by atoms with E-state index >= 15 is 0 Å². The van der Waals surface area contributed by atoms with Crippen molar-refractivity contribution in [3.63, 3.8) is 0 Å². The van der Waals surface area contributed by atoms with Gasteiger partial charge < -0.3 is 9.88 Å². The van der Waals surface area contributed by atoms with Crippen LogP contribution in [0.4, 0.5) is 0 Å². The van der Waals surface area contributed by atoms with Crippen LogP contribution < -0.4 is 10.9 Å². The first kappa shape index (κ1) is 17.7. The Bertz CT molecular complexity index is 812. The maximum atomic E-state index is 12.4. The lowest BCUT2D eigenvalue weighted by Crippen LogP contribution is -2.37. The van der Waals surface area contributed by atoms with E-state index in [1.807, 2.05) is 24.3 Å². The maximum absolute atomic E-state index is 12.4. The average molecular weight is 360 g/mol. The average Bonchev–Trinajstić information content (AvgIpc) is 3.12. The van der Waals surface area contributed by atoms with Gasteiger partial charge in [-0.2, -0.15) is 0 Å². The second kappa shape index (κ2) is 7.85. The Balaban J connectivity index is 1.75. The molecule has 1 unspecified atom stereocenters. The number of aryl methyl sites for hydroxylation is 1. The second-order valence-electron chi connectivity index (χ2n) is 6.39. The van der Waals surface area contributed by atoms with Gasteiger partial charge in [0.2, 0.25) is 0 Å². The molecule has 1 amide bonds. The van der Waals surface area contributed by atoms with Crippen molar-refractivity contribution < 1.29 is 4.79 Å². The zero-order chi connectivity index (χ0) is 17.8. The standard InChI is InChI=1S/C19H22ClN3O2/c1-22-10-7-15(12-18(22)24)19(25)21-13-17(23-8-2-3-9-23)14-5-4-6-16(20)11-14/h4-7,10-12,17H,2-3,8-9,13H2,1H3,(H,21,25). The van der Waals surface area contributed by atoms with Crippen molar-refractivity contribution in [2.24, 2.45) is 7.05 Å². The summed E-state index contributed by atoms with van der Waals surface area (Å²) < 4.78 is 1.44. The van der Waals surface area contributed by atoms with Gasteiger partial charge in [-0.25, -0.2) is 0 Å². The molecule has 0 aliphatic carbocycles. The van der Waals surface area contributed by atoms with Gasteiger partial charge in [0.05, 0.1) is 6.04 Å². The van der Waals surface area contributed by atoms with Crippen molar-refractivity contribution in [3.05, 3.63) is 69.1 Å². The summed E-state index contributed by atoms with van der Waals surface area (Å²) in [6, 6.07) is 10.9.